The number of hydrogen-bond acceptors (Lipinski definition) is 2. The first-order valence-electron chi connectivity index (χ1n) is 10.2. The highest BCUT2D eigenvalue weighted by molar-refractivity contribution is 14.0. The molecule has 6 heteroatoms. The maximum Gasteiger partial charge on any atom is 0.190 e. The van der Waals surface area contributed by atoms with Crippen LogP contribution < -0.4 is 10.6 Å². The Morgan fingerprint density at radius 3 is 2.62 bits per heavy atom. The van der Waals surface area contributed by atoms with Gasteiger partial charge in [-0.15, -0.1) is 24.0 Å². The van der Waals surface area contributed by atoms with Crippen LogP contribution >= 0.6 is 24.0 Å². The first-order chi connectivity index (χ1) is 13.7. The highest BCUT2D eigenvalue weighted by Crippen LogP contribution is 2.16. The summed E-state index contributed by atoms with van der Waals surface area (Å²) in [5.41, 5.74) is 2.40. The van der Waals surface area contributed by atoms with E-state index in [-0.39, 0.29) is 29.8 Å². The molecule has 2 aromatic carbocycles. The molecule has 3 rings (SSSR count). The summed E-state index contributed by atoms with van der Waals surface area (Å²) in [5.74, 6) is 1.29. The number of aliphatic imine (C=N–C) groups is 1. The summed E-state index contributed by atoms with van der Waals surface area (Å²) in [6.07, 6.45) is 3.11. The Labute approximate surface area is 191 Å². The van der Waals surface area contributed by atoms with Crippen molar-refractivity contribution in [2.75, 3.05) is 39.8 Å². The summed E-state index contributed by atoms with van der Waals surface area (Å²) in [4.78, 5) is 6.85. The highest BCUT2D eigenvalue weighted by atomic mass is 127. The fraction of sp³-hybridized carbons (Fsp3) is 0.435. The number of likely N-dealkylation sites (tertiary alicyclic amines) is 1. The van der Waals surface area contributed by atoms with Crippen LogP contribution in [0.4, 0.5) is 4.39 Å². The normalized spacial score (nSPS) is 17.0. The molecule has 1 atom stereocenters. The minimum Gasteiger partial charge on any atom is -0.356 e. The van der Waals surface area contributed by atoms with Crippen LogP contribution in [0.25, 0.3) is 0 Å². The Morgan fingerprint density at radius 1 is 1.07 bits per heavy atom. The molecule has 1 aliphatic rings. The number of rotatable bonds is 8. The number of nitrogens with one attached hydrogen (secondary N) is 2. The fourth-order valence-electron chi connectivity index (χ4n) is 3.69. The number of hydrogen-bond donors (Lipinski definition) is 2. The zero-order valence-corrected chi connectivity index (χ0v) is 19.4. The molecule has 0 spiro atoms. The highest BCUT2D eigenvalue weighted by Gasteiger charge is 2.22. The Balaban J connectivity index is 0.00000300. The summed E-state index contributed by atoms with van der Waals surface area (Å²) < 4.78 is 13.2. The largest absolute Gasteiger partial charge is 0.356 e. The van der Waals surface area contributed by atoms with Crippen LogP contribution in [0.5, 0.6) is 0 Å². The van der Waals surface area contributed by atoms with Gasteiger partial charge in [0.15, 0.2) is 5.96 Å². The van der Waals surface area contributed by atoms with Crippen molar-refractivity contribution in [3.63, 3.8) is 0 Å². The van der Waals surface area contributed by atoms with Gasteiger partial charge in [0.1, 0.15) is 5.82 Å². The van der Waals surface area contributed by atoms with Gasteiger partial charge in [-0.05, 0) is 55.0 Å². The Kier molecular flexibility index (Phi) is 10.4. The molecule has 0 amide bonds. The van der Waals surface area contributed by atoms with E-state index in [1.165, 1.54) is 24.6 Å². The zero-order chi connectivity index (χ0) is 19.6. The van der Waals surface area contributed by atoms with Crippen molar-refractivity contribution in [3.8, 4) is 0 Å². The lowest BCUT2D eigenvalue weighted by atomic mass is 10.1. The molecule has 4 nitrogen and oxygen atoms in total. The molecule has 1 aliphatic heterocycles. The third-order valence-corrected chi connectivity index (χ3v) is 5.31. The van der Waals surface area contributed by atoms with Gasteiger partial charge in [0, 0.05) is 33.2 Å². The number of halogens is 2. The predicted octanol–water partition coefficient (Wildman–Crippen LogP) is 3.72. The quantitative estimate of drug-likeness (QED) is 0.323. The standard InChI is InChI=1S/C23H31FN4.HI/c1-25-23(26-13-10-20-8-5-9-22(24)16-20)27-17-21-12-15-28(18-21)14-11-19-6-3-2-4-7-19;/h2-9,16,21H,10-15,17-18H2,1H3,(H2,25,26,27);1H. The molecule has 2 N–H and O–H groups in total. The number of benzene rings is 2. The van der Waals surface area contributed by atoms with Gasteiger partial charge in [-0.1, -0.05) is 42.5 Å². The second-order valence-electron chi connectivity index (χ2n) is 7.45. The first kappa shape index (κ1) is 23.6. The molecule has 1 unspecified atom stereocenters. The van der Waals surface area contributed by atoms with Crippen LogP contribution in [0.1, 0.15) is 17.5 Å². The monoisotopic (exact) mass is 510 g/mol. The minimum atomic E-state index is -0.182. The van der Waals surface area contributed by atoms with Crippen molar-refractivity contribution < 1.29 is 4.39 Å². The molecule has 0 aromatic heterocycles. The Hall–Kier alpha value is -1.67. The lowest BCUT2D eigenvalue weighted by molar-refractivity contribution is 0.328. The van der Waals surface area contributed by atoms with Crippen LogP contribution in [0.15, 0.2) is 59.6 Å². The van der Waals surface area contributed by atoms with Crippen LogP contribution in [0.2, 0.25) is 0 Å². The number of nitrogens with zero attached hydrogens (tertiary/aromatic N) is 2. The van der Waals surface area contributed by atoms with Crippen molar-refractivity contribution in [1.29, 1.82) is 0 Å². The summed E-state index contributed by atoms with van der Waals surface area (Å²) in [7, 11) is 1.79. The molecule has 2 aromatic rings. The maximum absolute atomic E-state index is 13.2. The van der Waals surface area contributed by atoms with Gasteiger partial charge < -0.3 is 15.5 Å². The van der Waals surface area contributed by atoms with Crippen molar-refractivity contribution in [2.45, 2.75) is 19.3 Å². The summed E-state index contributed by atoms with van der Waals surface area (Å²) in [6, 6.07) is 17.5. The molecule has 1 fully saturated rings. The van der Waals surface area contributed by atoms with E-state index in [9.17, 15) is 4.39 Å². The summed E-state index contributed by atoms with van der Waals surface area (Å²) >= 11 is 0. The van der Waals surface area contributed by atoms with Crippen molar-refractivity contribution in [1.82, 2.24) is 15.5 Å². The van der Waals surface area contributed by atoms with E-state index < -0.39 is 0 Å². The van der Waals surface area contributed by atoms with Gasteiger partial charge in [0.05, 0.1) is 0 Å². The average Bonchev–Trinajstić information content (AvgIpc) is 3.18. The van der Waals surface area contributed by atoms with Gasteiger partial charge in [-0.25, -0.2) is 4.39 Å². The number of guanidine groups is 1. The molecule has 29 heavy (non-hydrogen) atoms. The molecular formula is C23H32FIN4. The molecular weight excluding hydrogens is 478 g/mol. The predicted molar refractivity (Wildman–Crippen MR) is 130 cm³/mol. The van der Waals surface area contributed by atoms with Crippen molar-refractivity contribution >= 4 is 29.9 Å². The van der Waals surface area contributed by atoms with Gasteiger partial charge in [0.25, 0.3) is 0 Å². The van der Waals surface area contributed by atoms with Gasteiger partial charge in [0.2, 0.25) is 0 Å². The van der Waals surface area contributed by atoms with Crippen LogP contribution in [0, 0.1) is 11.7 Å². The minimum absolute atomic E-state index is 0. The Bertz CT molecular complexity index is 754. The third kappa shape index (κ3) is 8.30. The molecule has 0 aliphatic carbocycles. The lowest BCUT2D eigenvalue weighted by Gasteiger charge is -2.17. The molecule has 158 valence electrons. The van der Waals surface area contributed by atoms with Crippen molar-refractivity contribution in [3.05, 3.63) is 71.5 Å². The molecule has 0 saturated carbocycles. The second-order valence-corrected chi connectivity index (χ2v) is 7.45. The average molecular weight is 510 g/mol. The van der Waals surface area contributed by atoms with E-state index in [2.05, 4.69) is 50.9 Å². The molecule has 0 bridgehead atoms. The molecule has 1 saturated heterocycles. The summed E-state index contributed by atoms with van der Waals surface area (Å²) in [6.45, 7) is 5.10. The van der Waals surface area contributed by atoms with Gasteiger partial charge >= 0.3 is 0 Å². The smallest absolute Gasteiger partial charge is 0.190 e. The van der Waals surface area contributed by atoms with E-state index in [0.717, 1.165) is 50.5 Å². The molecule has 0 radical (unpaired) electrons. The van der Waals surface area contributed by atoms with E-state index in [1.54, 1.807) is 19.2 Å². The van der Waals surface area contributed by atoms with Gasteiger partial charge in [-0.2, -0.15) is 0 Å². The molecule has 1 heterocycles. The lowest BCUT2D eigenvalue weighted by Crippen LogP contribution is -2.41. The topological polar surface area (TPSA) is 39.7 Å². The zero-order valence-electron chi connectivity index (χ0n) is 17.1. The van der Waals surface area contributed by atoms with E-state index >= 15 is 0 Å². The maximum atomic E-state index is 13.2. The Morgan fingerprint density at radius 2 is 1.86 bits per heavy atom. The first-order valence-corrected chi connectivity index (χ1v) is 10.2. The fourth-order valence-corrected chi connectivity index (χ4v) is 3.69. The SMILES string of the molecule is CN=C(NCCc1cccc(F)c1)NCC1CCN(CCc2ccccc2)C1.I. The second kappa shape index (κ2) is 12.8. The van der Waals surface area contributed by atoms with Crippen LogP contribution in [-0.4, -0.2) is 50.6 Å². The van der Waals surface area contributed by atoms with Crippen molar-refractivity contribution in [2.24, 2.45) is 10.9 Å². The third-order valence-electron chi connectivity index (χ3n) is 5.31. The van der Waals surface area contributed by atoms with Crippen LogP contribution in [-0.2, 0) is 12.8 Å². The van der Waals surface area contributed by atoms with Crippen LogP contribution in [0.3, 0.4) is 0 Å². The van der Waals surface area contributed by atoms with E-state index in [4.69, 9.17) is 0 Å². The van der Waals surface area contributed by atoms with E-state index in [1.807, 2.05) is 6.07 Å². The van der Waals surface area contributed by atoms with Gasteiger partial charge in [-0.3, -0.25) is 4.99 Å². The summed E-state index contributed by atoms with van der Waals surface area (Å²) in [5, 5.41) is 6.76. The van der Waals surface area contributed by atoms with E-state index in [0.29, 0.717) is 5.92 Å².